The molecule has 15 heavy (non-hydrogen) atoms. The van der Waals surface area contributed by atoms with E-state index < -0.39 is 0 Å². The van der Waals surface area contributed by atoms with Crippen LogP contribution in [-0.4, -0.2) is 16.6 Å². The Morgan fingerprint density at radius 2 is 2.07 bits per heavy atom. The summed E-state index contributed by atoms with van der Waals surface area (Å²) in [4.78, 5) is 4.25. The van der Waals surface area contributed by atoms with Gasteiger partial charge in [-0.1, -0.05) is 26.7 Å². The minimum atomic E-state index is 0.536. The molecule has 0 aliphatic heterocycles. The molecular formula is C12H23N3. The summed E-state index contributed by atoms with van der Waals surface area (Å²) in [6.45, 7) is 6.81. The first-order valence-corrected chi connectivity index (χ1v) is 5.85. The highest BCUT2D eigenvalue weighted by Crippen LogP contribution is 2.20. The lowest BCUT2D eigenvalue weighted by molar-refractivity contribution is 0.450. The van der Waals surface area contributed by atoms with Gasteiger partial charge in [-0.2, -0.15) is 0 Å². The summed E-state index contributed by atoms with van der Waals surface area (Å²) >= 11 is 0. The molecule has 1 heterocycles. The SMILES string of the molecule is CNc1nccn1C(C)CCCC(C)C. The highest BCUT2D eigenvalue weighted by Gasteiger charge is 2.08. The molecule has 0 saturated heterocycles. The summed E-state index contributed by atoms with van der Waals surface area (Å²) in [5.41, 5.74) is 0. The maximum absolute atomic E-state index is 4.25. The van der Waals surface area contributed by atoms with Gasteiger partial charge in [-0.25, -0.2) is 4.98 Å². The molecule has 0 aliphatic carbocycles. The van der Waals surface area contributed by atoms with E-state index in [1.54, 1.807) is 0 Å². The van der Waals surface area contributed by atoms with Crippen LogP contribution < -0.4 is 5.32 Å². The summed E-state index contributed by atoms with van der Waals surface area (Å²) in [7, 11) is 1.92. The number of hydrogen-bond donors (Lipinski definition) is 1. The average Bonchev–Trinajstić information content (AvgIpc) is 2.64. The lowest BCUT2D eigenvalue weighted by atomic mass is 10.0. The van der Waals surface area contributed by atoms with Gasteiger partial charge in [-0.15, -0.1) is 0 Å². The minimum Gasteiger partial charge on any atom is -0.359 e. The molecule has 1 aromatic rings. The summed E-state index contributed by atoms with van der Waals surface area (Å²) < 4.78 is 2.21. The second kappa shape index (κ2) is 5.79. The van der Waals surface area contributed by atoms with E-state index in [1.165, 1.54) is 19.3 Å². The van der Waals surface area contributed by atoms with Gasteiger partial charge in [0.25, 0.3) is 0 Å². The first-order chi connectivity index (χ1) is 7.15. The zero-order valence-electron chi connectivity index (χ0n) is 10.3. The standard InChI is InChI=1S/C12H23N3/c1-10(2)6-5-7-11(3)15-9-8-14-12(15)13-4/h8-11H,5-7H2,1-4H3,(H,13,14). The first kappa shape index (κ1) is 12.1. The Hall–Kier alpha value is -0.990. The second-order valence-corrected chi connectivity index (χ2v) is 4.58. The van der Waals surface area contributed by atoms with E-state index in [-0.39, 0.29) is 0 Å². The molecule has 1 N–H and O–H groups in total. The molecule has 0 spiro atoms. The molecule has 0 bridgehead atoms. The molecule has 0 radical (unpaired) electrons. The Bertz CT molecular complexity index is 278. The van der Waals surface area contributed by atoms with E-state index in [2.05, 4.69) is 35.6 Å². The molecule has 0 saturated carbocycles. The van der Waals surface area contributed by atoms with Crippen molar-refractivity contribution in [2.24, 2.45) is 5.92 Å². The fraction of sp³-hybridized carbons (Fsp3) is 0.750. The third-order valence-corrected chi connectivity index (χ3v) is 2.77. The van der Waals surface area contributed by atoms with Gasteiger partial charge >= 0.3 is 0 Å². The van der Waals surface area contributed by atoms with Crippen molar-refractivity contribution in [2.75, 3.05) is 12.4 Å². The van der Waals surface area contributed by atoms with E-state index in [4.69, 9.17) is 0 Å². The highest BCUT2D eigenvalue weighted by molar-refractivity contribution is 5.24. The van der Waals surface area contributed by atoms with Gasteiger partial charge in [-0.3, -0.25) is 0 Å². The van der Waals surface area contributed by atoms with E-state index in [0.717, 1.165) is 11.9 Å². The van der Waals surface area contributed by atoms with Crippen LogP contribution in [0.25, 0.3) is 0 Å². The van der Waals surface area contributed by atoms with Gasteiger partial charge in [0.2, 0.25) is 5.95 Å². The second-order valence-electron chi connectivity index (χ2n) is 4.58. The third-order valence-electron chi connectivity index (χ3n) is 2.77. The molecule has 86 valence electrons. The van der Waals surface area contributed by atoms with Crippen molar-refractivity contribution in [1.82, 2.24) is 9.55 Å². The van der Waals surface area contributed by atoms with E-state index in [0.29, 0.717) is 6.04 Å². The molecule has 0 amide bonds. The Morgan fingerprint density at radius 1 is 1.33 bits per heavy atom. The Kier molecular flexibility index (Phi) is 4.66. The smallest absolute Gasteiger partial charge is 0.202 e. The van der Waals surface area contributed by atoms with E-state index in [1.807, 2.05) is 19.4 Å². The van der Waals surface area contributed by atoms with Gasteiger partial charge in [-0.05, 0) is 19.3 Å². The summed E-state index contributed by atoms with van der Waals surface area (Å²) in [5.74, 6) is 1.77. The van der Waals surface area contributed by atoms with Crippen molar-refractivity contribution in [3.63, 3.8) is 0 Å². The zero-order valence-corrected chi connectivity index (χ0v) is 10.3. The number of nitrogens with zero attached hydrogens (tertiary/aromatic N) is 2. The number of aromatic nitrogens is 2. The summed E-state index contributed by atoms with van der Waals surface area (Å²) in [5, 5.41) is 3.11. The van der Waals surface area contributed by atoms with Crippen LogP contribution in [-0.2, 0) is 0 Å². The molecule has 1 unspecified atom stereocenters. The van der Waals surface area contributed by atoms with Gasteiger partial charge in [0.15, 0.2) is 0 Å². The van der Waals surface area contributed by atoms with Crippen molar-refractivity contribution >= 4 is 5.95 Å². The lowest BCUT2D eigenvalue weighted by Crippen LogP contribution is -2.08. The number of imidazole rings is 1. The predicted molar refractivity (Wildman–Crippen MR) is 65.2 cm³/mol. The van der Waals surface area contributed by atoms with Crippen molar-refractivity contribution < 1.29 is 0 Å². The molecule has 0 fully saturated rings. The summed E-state index contributed by atoms with van der Waals surface area (Å²) in [6, 6.07) is 0.536. The van der Waals surface area contributed by atoms with Crippen LogP contribution in [0.2, 0.25) is 0 Å². The quantitative estimate of drug-likeness (QED) is 0.779. The summed E-state index contributed by atoms with van der Waals surface area (Å²) in [6.07, 6.45) is 7.73. The highest BCUT2D eigenvalue weighted by atomic mass is 15.2. The molecule has 3 nitrogen and oxygen atoms in total. The molecule has 0 aliphatic rings. The first-order valence-electron chi connectivity index (χ1n) is 5.85. The van der Waals surface area contributed by atoms with Crippen LogP contribution in [0.4, 0.5) is 5.95 Å². The minimum absolute atomic E-state index is 0.536. The fourth-order valence-electron chi connectivity index (χ4n) is 1.82. The Morgan fingerprint density at radius 3 is 2.67 bits per heavy atom. The maximum atomic E-state index is 4.25. The molecule has 1 rings (SSSR count). The maximum Gasteiger partial charge on any atom is 0.202 e. The van der Waals surface area contributed by atoms with Crippen molar-refractivity contribution in [3.8, 4) is 0 Å². The monoisotopic (exact) mass is 209 g/mol. The third kappa shape index (κ3) is 3.57. The molecule has 1 aromatic heterocycles. The van der Waals surface area contributed by atoms with Gasteiger partial charge < -0.3 is 9.88 Å². The number of rotatable bonds is 6. The van der Waals surface area contributed by atoms with Crippen molar-refractivity contribution in [2.45, 2.75) is 46.1 Å². The van der Waals surface area contributed by atoms with Gasteiger partial charge in [0.1, 0.15) is 0 Å². The van der Waals surface area contributed by atoms with Crippen LogP contribution in [0.15, 0.2) is 12.4 Å². The Balaban J connectivity index is 2.43. The van der Waals surface area contributed by atoms with Crippen LogP contribution in [0.3, 0.4) is 0 Å². The zero-order chi connectivity index (χ0) is 11.3. The average molecular weight is 209 g/mol. The van der Waals surface area contributed by atoms with Crippen molar-refractivity contribution in [3.05, 3.63) is 12.4 Å². The van der Waals surface area contributed by atoms with Crippen molar-refractivity contribution in [1.29, 1.82) is 0 Å². The molecular weight excluding hydrogens is 186 g/mol. The fourth-order valence-corrected chi connectivity index (χ4v) is 1.82. The number of nitrogens with one attached hydrogen (secondary N) is 1. The van der Waals surface area contributed by atoms with Crippen LogP contribution in [0.5, 0.6) is 0 Å². The van der Waals surface area contributed by atoms with Gasteiger partial charge in [0.05, 0.1) is 0 Å². The largest absolute Gasteiger partial charge is 0.359 e. The Labute approximate surface area is 92.9 Å². The molecule has 3 heteroatoms. The molecule has 1 atom stereocenters. The van der Waals surface area contributed by atoms with E-state index >= 15 is 0 Å². The van der Waals surface area contributed by atoms with Crippen LogP contribution >= 0.6 is 0 Å². The van der Waals surface area contributed by atoms with Crippen LogP contribution in [0, 0.1) is 5.92 Å². The van der Waals surface area contributed by atoms with Gasteiger partial charge in [0, 0.05) is 25.5 Å². The molecule has 0 aromatic carbocycles. The normalized spacial score (nSPS) is 13.1. The van der Waals surface area contributed by atoms with Crippen LogP contribution in [0.1, 0.15) is 46.1 Å². The number of hydrogen-bond acceptors (Lipinski definition) is 2. The number of anilines is 1. The predicted octanol–water partition coefficient (Wildman–Crippen LogP) is 3.31. The lowest BCUT2D eigenvalue weighted by Gasteiger charge is -2.16. The van der Waals surface area contributed by atoms with E-state index in [9.17, 15) is 0 Å². The topological polar surface area (TPSA) is 29.9 Å².